The molecule has 2 fully saturated rings. The predicted octanol–water partition coefficient (Wildman–Crippen LogP) is 2.71. The summed E-state index contributed by atoms with van der Waals surface area (Å²) in [6, 6.07) is 9.54. The zero-order valence-corrected chi connectivity index (χ0v) is 15.1. The second-order valence-electron chi connectivity index (χ2n) is 7.15. The van der Waals surface area contributed by atoms with Gasteiger partial charge in [-0.15, -0.1) is 0 Å². The third-order valence-corrected chi connectivity index (χ3v) is 5.35. The van der Waals surface area contributed by atoms with E-state index in [2.05, 4.69) is 6.92 Å². The standard InChI is InChI=1S/C20H28N2O3/c1-2-12-21-13-6-10-20(19(21)24)11-14-22(16-20)18(23)9-15-25-17-7-4-3-5-8-17/h3-5,7-8H,2,6,9-16H2,1H3. The van der Waals surface area contributed by atoms with E-state index in [9.17, 15) is 9.59 Å². The molecule has 0 aliphatic carbocycles. The number of likely N-dealkylation sites (tertiary alicyclic amines) is 2. The molecule has 5 nitrogen and oxygen atoms in total. The summed E-state index contributed by atoms with van der Waals surface area (Å²) >= 11 is 0. The average molecular weight is 344 g/mol. The lowest BCUT2D eigenvalue weighted by Crippen LogP contribution is -2.50. The number of para-hydroxylation sites is 1. The first-order valence-corrected chi connectivity index (χ1v) is 9.40. The Labute approximate surface area is 149 Å². The maximum atomic E-state index is 12.9. The number of nitrogens with zero attached hydrogens (tertiary/aromatic N) is 2. The number of benzene rings is 1. The summed E-state index contributed by atoms with van der Waals surface area (Å²) < 4.78 is 5.62. The van der Waals surface area contributed by atoms with Crippen LogP contribution >= 0.6 is 0 Å². The van der Waals surface area contributed by atoms with Crippen molar-refractivity contribution in [3.8, 4) is 5.75 Å². The van der Waals surface area contributed by atoms with Crippen LogP contribution in [0.1, 0.15) is 39.0 Å². The largest absolute Gasteiger partial charge is 0.493 e. The zero-order valence-electron chi connectivity index (χ0n) is 15.1. The number of carbonyl (C=O) groups excluding carboxylic acids is 2. The summed E-state index contributed by atoms with van der Waals surface area (Å²) in [5.74, 6) is 1.13. The quantitative estimate of drug-likeness (QED) is 0.797. The van der Waals surface area contributed by atoms with Gasteiger partial charge in [0.2, 0.25) is 11.8 Å². The van der Waals surface area contributed by atoms with Crippen LogP contribution in [0.3, 0.4) is 0 Å². The van der Waals surface area contributed by atoms with Crippen molar-refractivity contribution in [1.29, 1.82) is 0 Å². The number of ether oxygens (including phenoxy) is 1. The average Bonchev–Trinajstić information content (AvgIpc) is 3.05. The summed E-state index contributed by atoms with van der Waals surface area (Å²) in [6.07, 6.45) is 4.11. The molecule has 2 amide bonds. The first-order valence-electron chi connectivity index (χ1n) is 9.40. The molecule has 0 saturated carbocycles. The molecule has 0 radical (unpaired) electrons. The van der Waals surface area contributed by atoms with Gasteiger partial charge in [0.25, 0.3) is 0 Å². The van der Waals surface area contributed by atoms with Crippen LogP contribution in [0.15, 0.2) is 30.3 Å². The van der Waals surface area contributed by atoms with Crippen molar-refractivity contribution < 1.29 is 14.3 Å². The van der Waals surface area contributed by atoms with E-state index in [-0.39, 0.29) is 17.2 Å². The van der Waals surface area contributed by atoms with Gasteiger partial charge in [-0.3, -0.25) is 9.59 Å². The van der Waals surface area contributed by atoms with Gasteiger partial charge in [-0.1, -0.05) is 25.1 Å². The lowest BCUT2D eigenvalue weighted by molar-refractivity contribution is -0.146. The maximum absolute atomic E-state index is 12.9. The summed E-state index contributed by atoms with van der Waals surface area (Å²) in [7, 11) is 0. The van der Waals surface area contributed by atoms with Crippen molar-refractivity contribution in [2.75, 3.05) is 32.8 Å². The van der Waals surface area contributed by atoms with Crippen LogP contribution < -0.4 is 4.74 Å². The van der Waals surface area contributed by atoms with E-state index >= 15 is 0 Å². The first kappa shape index (κ1) is 17.8. The molecular weight excluding hydrogens is 316 g/mol. The van der Waals surface area contributed by atoms with Gasteiger partial charge in [0.1, 0.15) is 5.75 Å². The zero-order chi connectivity index (χ0) is 17.7. The molecule has 1 aromatic carbocycles. The van der Waals surface area contributed by atoms with Gasteiger partial charge in [0.15, 0.2) is 0 Å². The van der Waals surface area contributed by atoms with Gasteiger partial charge in [0.05, 0.1) is 18.4 Å². The molecule has 2 aliphatic rings. The van der Waals surface area contributed by atoms with Crippen molar-refractivity contribution in [2.45, 2.75) is 39.0 Å². The number of hydrogen-bond acceptors (Lipinski definition) is 3. The minimum atomic E-state index is -0.330. The Morgan fingerprint density at radius 1 is 1.20 bits per heavy atom. The summed E-state index contributed by atoms with van der Waals surface area (Å²) in [5, 5.41) is 0. The molecule has 2 aliphatic heterocycles. The molecule has 1 spiro atoms. The maximum Gasteiger partial charge on any atom is 0.230 e. The fourth-order valence-corrected chi connectivity index (χ4v) is 4.03. The molecule has 2 heterocycles. The minimum Gasteiger partial charge on any atom is -0.493 e. The highest BCUT2D eigenvalue weighted by atomic mass is 16.5. The third-order valence-electron chi connectivity index (χ3n) is 5.35. The Bertz CT molecular complexity index is 602. The predicted molar refractivity (Wildman–Crippen MR) is 96.3 cm³/mol. The summed E-state index contributed by atoms with van der Waals surface area (Å²) in [6.45, 7) is 5.45. The Morgan fingerprint density at radius 2 is 2.00 bits per heavy atom. The smallest absolute Gasteiger partial charge is 0.230 e. The first-order chi connectivity index (χ1) is 12.1. The monoisotopic (exact) mass is 344 g/mol. The Kier molecular flexibility index (Phi) is 5.61. The van der Waals surface area contributed by atoms with Gasteiger partial charge >= 0.3 is 0 Å². The molecule has 1 unspecified atom stereocenters. The number of piperidine rings is 1. The molecule has 5 heteroatoms. The van der Waals surface area contributed by atoms with E-state index in [4.69, 9.17) is 4.74 Å². The Balaban J connectivity index is 1.51. The molecule has 0 N–H and O–H groups in total. The second kappa shape index (κ2) is 7.89. The third kappa shape index (κ3) is 3.97. The fourth-order valence-electron chi connectivity index (χ4n) is 4.03. The van der Waals surface area contributed by atoms with E-state index in [1.165, 1.54) is 0 Å². The van der Waals surface area contributed by atoms with Gasteiger partial charge in [-0.05, 0) is 37.8 Å². The molecular formula is C20H28N2O3. The van der Waals surface area contributed by atoms with Gasteiger partial charge < -0.3 is 14.5 Å². The van der Waals surface area contributed by atoms with Gasteiger partial charge in [-0.25, -0.2) is 0 Å². The van der Waals surface area contributed by atoms with E-state index in [1.807, 2.05) is 40.1 Å². The molecule has 0 aromatic heterocycles. The highest BCUT2D eigenvalue weighted by Crippen LogP contribution is 2.40. The van der Waals surface area contributed by atoms with Crippen molar-refractivity contribution in [2.24, 2.45) is 5.41 Å². The number of hydrogen-bond donors (Lipinski definition) is 0. The molecule has 136 valence electrons. The van der Waals surface area contributed by atoms with Crippen molar-refractivity contribution >= 4 is 11.8 Å². The normalized spacial score (nSPS) is 23.3. The lowest BCUT2D eigenvalue weighted by atomic mass is 9.78. The molecule has 0 bridgehead atoms. The highest BCUT2D eigenvalue weighted by molar-refractivity contribution is 5.86. The topological polar surface area (TPSA) is 49.9 Å². The Hall–Kier alpha value is -2.04. The van der Waals surface area contributed by atoms with Crippen molar-refractivity contribution in [3.05, 3.63) is 30.3 Å². The van der Waals surface area contributed by atoms with Crippen molar-refractivity contribution in [3.63, 3.8) is 0 Å². The van der Waals surface area contributed by atoms with Crippen LogP contribution in [0.25, 0.3) is 0 Å². The molecule has 1 atom stereocenters. The highest BCUT2D eigenvalue weighted by Gasteiger charge is 2.48. The van der Waals surface area contributed by atoms with Crippen LogP contribution in [-0.4, -0.2) is 54.4 Å². The lowest BCUT2D eigenvalue weighted by Gasteiger charge is -2.39. The van der Waals surface area contributed by atoms with Gasteiger partial charge in [0, 0.05) is 26.2 Å². The van der Waals surface area contributed by atoms with Gasteiger partial charge in [-0.2, -0.15) is 0 Å². The molecule has 25 heavy (non-hydrogen) atoms. The van der Waals surface area contributed by atoms with Crippen LogP contribution in [0.4, 0.5) is 0 Å². The molecule has 3 rings (SSSR count). The van der Waals surface area contributed by atoms with E-state index < -0.39 is 0 Å². The van der Waals surface area contributed by atoms with Crippen LogP contribution in [0.2, 0.25) is 0 Å². The number of carbonyl (C=O) groups is 2. The van der Waals surface area contributed by atoms with Crippen LogP contribution in [-0.2, 0) is 9.59 Å². The fraction of sp³-hybridized carbons (Fsp3) is 0.600. The van der Waals surface area contributed by atoms with E-state index in [0.717, 1.165) is 44.5 Å². The minimum absolute atomic E-state index is 0.0909. The Morgan fingerprint density at radius 3 is 2.76 bits per heavy atom. The van der Waals surface area contributed by atoms with E-state index in [1.54, 1.807) is 0 Å². The van der Waals surface area contributed by atoms with Crippen LogP contribution in [0.5, 0.6) is 5.75 Å². The molecule has 2 saturated heterocycles. The number of rotatable bonds is 6. The van der Waals surface area contributed by atoms with E-state index in [0.29, 0.717) is 26.1 Å². The van der Waals surface area contributed by atoms with Crippen molar-refractivity contribution in [1.82, 2.24) is 9.80 Å². The number of amides is 2. The van der Waals surface area contributed by atoms with Crippen LogP contribution in [0, 0.1) is 5.41 Å². The summed E-state index contributed by atoms with van der Waals surface area (Å²) in [4.78, 5) is 29.2. The summed E-state index contributed by atoms with van der Waals surface area (Å²) in [5.41, 5.74) is -0.330. The molecule has 1 aromatic rings. The SMILES string of the molecule is CCCN1CCCC2(CCN(C(=O)CCOc3ccccc3)C2)C1=O. The second-order valence-corrected chi connectivity index (χ2v) is 7.15.